The molecular weight excluding hydrogens is 326 g/mol. The van der Waals surface area contributed by atoms with Crippen LogP contribution in [0.5, 0.6) is 5.75 Å². The molecule has 0 aliphatic rings. The smallest absolute Gasteiger partial charge is 0.119 e. The van der Waals surface area contributed by atoms with Crippen molar-refractivity contribution in [3.8, 4) is 5.75 Å². The molecule has 1 aromatic carbocycles. The minimum Gasteiger partial charge on any atom is -0.491 e. The molecule has 5 nitrogen and oxygen atoms in total. The maximum Gasteiger partial charge on any atom is 0.119 e. The van der Waals surface area contributed by atoms with Crippen LogP contribution in [0.2, 0.25) is 0 Å². The lowest BCUT2D eigenvalue weighted by Gasteiger charge is -2.13. The van der Waals surface area contributed by atoms with E-state index in [1.54, 1.807) is 0 Å². The largest absolute Gasteiger partial charge is 0.491 e. The van der Waals surface area contributed by atoms with Gasteiger partial charge < -0.3 is 26.2 Å². The van der Waals surface area contributed by atoms with Crippen molar-refractivity contribution in [2.24, 2.45) is 5.73 Å². The Morgan fingerprint density at radius 1 is 0.808 bits per heavy atom. The van der Waals surface area contributed by atoms with Gasteiger partial charge in [-0.15, -0.1) is 0 Å². The van der Waals surface area contributed by atoms with Crippen molar-refractivity contribution < 1.29 is 9.84 Å². The summed E-state index contributed by atoms with van der Waals surface area (Å²) in [6.07, 6.45) is 9.41. The van der Waals surface area contributed by atoms with E-state index in [0.717, 1.165) is 44.8 Å². The third kappa shape index (κ3) is 14.1. The first-order valence-corrected chi connectivity index (χ1v) is 10.3. The van der Waals surface area contributed by atoms with Crippen molar-refractivity contribution in [2.75, 3.05) is 39.3 Å². The summed E-state index contributed by atoms with van der Waals surface area (Å²) in [4.78, 5) is 0. The Morgan fingerprint density at radius 3 is 2.00 bits per heavy atom. The molecule has 26 heavy (non-hydrogen) atoms. The van der Waals surface area contributed by atoms with E-state index in [1.165, 1.54) is 38.5 Å². The number of aliphatic hydroxyl groups is 1. The van der Waals surface area contributed by atoms with Crippen molar-refractivity contribution >= 4 is 0 Å². The summed E-state index contributed by atoms with van der Waals surface area (Å²) in [5, 5.41) is 16.7. The van der Waals surface area contributed by atoms with Gasteiger partial charge in [0.15, 0.2) is 0 Å². The second-order valence-electron chi connectivity index (χ2n) is 6.85. The second kappa shape index (κ2) is 17.3. The molecular formula is C21H39N3O2. The SMILES string of the molecule is NCCCCCCNCCCCCCNCC(O)COc1ccccc1. The van der Waals surface area contributed by atoms with Gasteiger partial charge in [-0.05, 0) is 64.0 Å². The van der Waals surface area contributed by atoms with Crippen molar-refractivity contribution in [1.82, 2.24) is 10.6 Å². The van der Waals surface area contributed by atoms with Crippen molar-refractivity contribution in [3.05, 3.63) is 30.3 Å². The number of para-hydroxylation sites is 1. The Balaban J connectivity index is 1.77. The predicted octanol–water partition coefficient (Wildman–Crippen LogP) is 2.69. The van der Waals surface area contributed by atoms with Gasteiger partial charge in [-0.2, -0.15) is 0 Å². The van der Waals surface area contributed by atoms with Gasteiger partial charge in [-0.3, -0.25) is 0 Å². The Hall–Kier alpha value is -1.14. The number of hydrogen-bond acceptors (Lipinski definition) is 5. The zero-order valence-electron chi connectivity index (χ0n) is 16.3. The van der Waals surface area contributed by atoms with Crippen LogP contribution >= 0.6 is 0 Å². The summed E-state index contributed by atoms with van der Waals surface area (Å²) in [5.41, 5.74) is 5.48. The van der Waals surface area contributed by atoms with Crippen molar-refractivity contribution in [2.45, 2.75) is 57.5 Å². The molecule has 0 aliphatic carbocycles. The van der Waals surface area contributed by atoms with E-state index in [9.17, 15) is 5.11 Å². The molecule has 150 valence electrons. The Kier molecular flexibility index (Phi) is 15.2. The molecule has 0 bridgehead atoms. The molecule has 0 aliphatic heterocycles. The molecule has 0 heterocycles. The first kappa shape index (κ1) is 22.9. The summed E-state index contributed by atoms with van der Waals surface area (Å²) in [6, 6.07) is 9.61. The van der Waals surface area contributed by atoms with Gasteiger partial charge in [-0.25, -0.2) is 0 Å². The molecule has 0 radical (unpaired) electrons. The van der Waals surface area contributed by atoms with E-state index in [4.69, 9.17) is 10.5 Å². The summed E-state index contributed by atoms with van der Waals surface area (Å²) in [6.45, 7) is 4.95. The average Bonchev–Trinajstić information content (AvgIpc) is 2.67. The monoisotopic (exact) mass is 365 g/mol. The fourth-order valence-electron chi connectivity index (χ4n) is 2.76. The van der Waals surface area contributed by atoms with E-state index < -0.39 is 6.10 Å². The number of nitrogens with two attached hydrogens (primary N) is 1. The molecule has 0 amide bonds. The highest BCUT2D eigenvalue weighted by Crippen LogP contribution is 2.08. The van der Waals surface area contributed by atoms with Gasteiger partial charge in [0, 0.05) is 6.54 Å². The standard InChI is InChI=1S/C21H39N3O2/c22-14-8-1-2-9-15-23-16-10-3-4-11-17-24-18-20(25)19-26-21-12-6-5-7-13-21/h5-7,12-13,20,23-25H,1-4,8-11,14-19,22H2. The Bertz CT molecular complexity index is 404. The summed E-state index contributed by atoms with van der Waals surface area (Å²) >= 11 is 0. The van der Waals surface area contributed by atoms with Crippen LogP contribution in [0.25, 0.3) is 0 Å². The number of aliphatic hydroxyl groups excluding tert-OH is 1. The molecule has 1 atom stereocenters. The highest BCUT2D eigenvalue weighted by molar-refractivity contribution is 5.20. The molecule has 1 aromatic rings. The summed E-state index contributed by atoms with van der Waals surface area (Å²) in [5.74, 6) is 0.802. The van der Waals surface area contributed by atoms with Gasteiger partial charge in [0.05, 0.1) is 0 Å². The minimum atomic E-state index is -0.468. The Morgan fingerprint density at radius 2 is 1.38 bits per heavy atom. The van der Waals surface area contributed by atoms with Crippen LogP contribution in [0, 0.1) is 0 Å². The number of ether oxygens (including phenoxy) is 1. The maximum absolute atomic E-state index is 9.90. The highest BCUT2D eigenvalue weighted by Gasteiger charge is 2.04. The third-order valence-corrected chi connectivity index (χ3v) is 4.33. The van der Waals surface area contributed by atoms with Gasteiger partial charge >= 0.3 is 0 Å². The summed E-state index contributed by atoms with van der Waals surface area (Å²) in [7, 11) is 0. The lowest BCUT2D eigenvalue weighted by Crippen LogP contribution is -2.32. The topological polar surface area (TPSA) is 79.5 Å². The number of hydrogen-bond donors (Lipinski definition) is 4. The summed E-state index contributed by atoms with van der Waals surface area (Å²) < 4.78 is 5.53. The molecule has 0 spiro atoms. The fraction of sp³-hybridized carbons (Fsp3) is 0.714. The van der Waals surface area contributed by atoms with Crippen molar-refractivity contribution in [3.63, 3.8) is 0 Å². The van der Waals surface area contributed by atoms with Crippen LogP contribution in [-0.4, -0.2) is 50.5 Å². The van der Waals surface area contributed by atoms with E-state index >= 15 is 0 Å². The number of nitrogens with one attached hydrogen (secondary N) is 2. The highest BCUT2D eigenvalue weighted by atomic mass is 16.5. The van der Waals surface area contributed by atoms with E-state index in [2.05, 4.69) is 10.6 Å². The molecule has 0 fully saturated rings. The van der Waals surface area contributed by atoms with Crippen LogP contribution in [-0.2, 0) is 0 Å². The Labute approximate surface area is 159 Å². The second-order valence-corrected chi connectivity index (χ2v) is 6.85. The molecule has 1 unspecified atom stereocenters. The van der Waals surface area contributed by atoms with Gasteiger partial charge in [0.25, 0.3) is 0 Å². The van der Waals surface area contributed by atoms with Gasteiger partial charge in [-0.1, -0.05) is 43.9 Å². The van der Waals surface area contributed by atoms with Gasteiger partial charge in [0.1, 0.15) is 18.5 Å². The van der Waals surface area contributed by atoms with E-state index in [1.807, 2.05) is 30.3 Å². The van der Waals surface area contributed by atoms with Crippen molar-refractivity contribution in [1.29, 1.82) is 0 Å². The lowest BCUT2D eigenvalue weighted by molar-refractivity contribution is 0.106. The first-order chi connectivity index (χ1) is 12.8. The number of benzene rings is 1. The van der Waals surface area contributed by atoms with Crippen LogP contribution in [0.4, 0.5) is 0 Å². The molecule has 0 saturated carbocycles. The molecule has 1 rings (SSSR count). The normalized spacial score (nSPS) is 12.2. The molecule has 5 N–H and O–H groups in total. The average molecular weight is 366 g/mol. The molecule has 5 heteroatoms. The first-order valence-electron chi connectivity index (χ1n) is 10.3. The van der Waals surface area contributed by atoms with Crippen LogP contribution in [0.3, 0.4) is 0 Å². The van der Waals surface area contributed by atoms with E-state index in [-0.39, 0.29) is 0 Å². The van der Waals surface area contributed by atoms with E-state index in [0.29, 0.717) is 13.2 Å². The quantitative estimate of drug-likeness (QED) is 0.301. The predicted molar refractivity (Wildman–Crippen MR) is 110 cm³/mol. The third-order valence-electron chi connectivity index (χ3n) is 4.33. The lowest BCUT2D eigenvalue weighted by atomic mass is 10.2. The fourth-order valence-corrected chi connectivity index (χ4v) is 2.76. The van der Waals surface area contributed by atoms with Gasteiger partial charge in [0.2, 0.25) is 0 Å². The maximum atomic E-state index is 9.90. The number of rotatable bonds is 18. The zero-order chi connectivity index (χ0) is 18.7. The van der Waals surface area contributed by atoms with Crippen LogP contribution < -0.4 is 21.1 Å². The van der Waals surface area contributed by atoms with Crippen LogP contribution in [0.15, 0.2) is 30.3 Å². The number of unbranched alkanes of at least 4 members (excludes halogenated alkanes) is 6. The zero-order valence-corrected chi connectivity index (χ0v) is 16.3. The molecule has 0 saturated heterocycles. The van der Waals surface area contributed by atoms with Crippen LogP contribution in [0.1, 0.15) is 51.4 Å². The molecule has 0 aromatic heterocycles. The minimum absolute atomic E-state index is 0.328.